The number of fused-ring (bicyclic) bond motifs is 1. The Bertz CT molecular complexity index is 1390. The molecule has 35 heavy (non-hydrogen) atoms. The van der Waals surface area contributed by atoms with Crippen molar-refractivity contribution in [1.29, 1.82) is 0 Å². The van der Waals surface area contributed by atoms with Crippen LogP contribution in [0, 0.1) is 18.6 Å². The van der Waals surface area contributed by atoms with Crippen LogP contribution in [0.25, 0.3) is 22.6 Å². The van der Waals surface area contributed by atoms with Gasteiger partial charge in [-0.2, -0.15) is 0 Å². The second-order valence-corrected chi connectivity index (χ2v) is 8.19. The molecule has 1 aromatic heterocycles. The average Bonchev–Trinajstić information content (AvgIpc) is 3.20. The Labute approximate surface area is 242 Å². The van der Waals surface area contributed by atoms with Gasteiger partial charge in [-0.25, -0.2) is 18.6 Å². The standard InChI is InChI=1S/C25H21F2N3O4.K/c1-14-3-10-21-20(11-14)28-22(34-21)16-6-9-19(18(27)12-16)29-24(33)30-25(2,23(31)32)13-15-4-7-17(26)8-5-15;/h3-12H,13H2,1-2H3,(H,31,32)(H2,29,30,33);/q;+1/p-1. The van der Waals surface area contributed by atoms with Gasteiger partial charge < -0.3 is 25.0 Å². The molecule has 0 spiro atoms. The van der Waals surface area contributed by atoms with Gasteiger partial charge in [0.05, 0.1) is 17.2 Å². The number of carboxylic acids is 1. The molecule has 0 radical (unpaired) electrons. The van der Waals surface area contributed by atoms with Crippen LogP contribution in [0.2, 0.25) is 0 Å². The van der Waals surface area contributed by atoms with Gasteiger partial charge in [0.15, 0.2) is 5.58 Å². The fourth-order valence-corrected chi connectivity index (χ4v) is 3.49. The maximum atomic E-state index is 14.7. The van der Waals surface area contributed by atoms with Crippen molar-refractivity contribution < 1.29 is 79.3 Å². The van der Waals surface area contributed by atoms with Crippen molar-refractivity contribution in [2.45, 2.75) is 25.8 Å². The number of rotatable bonds is 6. The summed E-state index contributed by atoms with van der Waals surface area (Å²) in [4.78, 5) is 28.5. The summed E-state index contributed by atoms with van der Waals surface area (Å²) in [5.74, 6) is -2.57. The summed E-state index contributed by atoms with van der Waals surface area (Å²) in [5, 5.41) is 16.3. The quantitative estimate of drug-likeness (QED) is 0.381. The summed E-state index contributed by atoms with van der Waals surface area (Å²) in [6.45, 7) is 3.17. The number of benzene rings is 3. The number of urea groups is 1. The van der Waals surface area contributed by atoms with E-state index in [4.69, 9.17) is 4.42 Å². The first-order chi connectivity index (χ1) is 16.1. The fourth-order valence-electron chi connectivity index (χ4n) is 3.49. The van der Waals surface area contributed by atoms with Crippen LogP contribution in [0.15, 0.2) is 65.1 Å². The molecule has 4 rings (SSSR count). The summed E-state index contributed by atoms with van der Waals surface area (Å²) in [5.41, 5.74) is 1.05. The first-order valence-electron chi connectivity index (χ1n) is 10.4. The molecule has 3 aromatic carbocycles. The second kappa shape index (κ2) is 11.0. The maximum Gasteiger partial charge on any atom is 1.00 e. The van der Waals surface area contributed by atoms with E-state index >= 15 is 0 Å². The number of carboxylic acid groups (broad SMARTS) is 1. The fraction of sp³-hybridized carbons (Fsp3) is 0.160. The van der Waals surface area contributed by atoms with Crippen LogP contribution in [0.4, 0.5) is 19.3 Å². The first-order valence-corrected chi connectivity index (χ1v) is 10.4. The van der Waals surface area contributed by atoms with E-state index in [2.05, 4.69) is 15.6 Å². The first kappa shape index (κ1) is 27.0. The van der Waals surface area contributed by atoms with Crippen LogP contribution in [0.5, 0.6) is 0 Å². The number of aliphatic carboxylic acids is 1. The van der Waals surface area contributed by atoms with Crippen LogP contribution in [0.1, 0.15) is 18.1 Å². The molecule has 0 fully saturated rings. The van der Waals surface area contributed by atoms with Crippen LogP contribution >= 0.6 is 0 Å². The van der Waals surface area contributed by atoms with Gasteiger partial charge in [0.2, 0.25) is 5.89 Å². The second-order valence-electron chi connectivity index (χ2n) is 8.19. The van der Waals surface area contributed by atoms with Crippen LogP contribution < -0.4 is 67.1 Å². The van der Waals surface area contributed by atoms with Gasteiger partial charge >= 0.3 is 57.4 Å². The number of nitrogens with zero attached hydrogens (tertiary/aromatic N) is 1. The number of halogens is 2. The van der Waals surface area contributed by atoms with Gasteiger partial charge in [-0.1, -0.05) is 18.2 Å². The average molecular weight is 504 g/mol. The van der Waals surface area contributed by atoms with Gasteiger partial charge in [-0.05, 0) is 67.4 Å². The Morgan fingerprint density at radius 1 is 1.06 bits per heavy atom. The molecule has 2 N–H and O–H groups in total. The van der Waals surface area contributed by atoms with E-state index in [0.717, 1.165) is 11.6 Å². The molecule has 0 saturated carbocycles. The number of aryl methyl sites for hydroxylation is 1. The zero-order valence-corrected chi connectivity index (χ0v) is 22.4. The molecular formula is C25H20F2KN3O4. The normalized spacial score (nSPS) is 12.5. The van der Waals surface area contributed by atoms with Crippen molar-refractivity contribution in [2.75, 3.05) is 5.32 Å². The molecule has 0 aliphatic heterocycles. The van der Waals surface area contributed by atoms with E-state index in [1.807, 2.05) is 19.1 Å². The Morgan fingerprint density at radius 3 is 2.43 bits per heavy atom. The molecule has 174 valence electrons. The van der Waals surface area contributed by atoms with Gasteiger partial charge in [-0.3, -0.25) is 0 Å². The van der Waals surface area contributed by atoms with E-state index in [1.54, 1.807) is 6.07 Å². The number of anilines is 1. The van der Waals surface area contributed by atoms with Gasteiger partial charge in [0.25, 0.3) is 0 Å². The Balaban J connectivity index is 0.00000342. The molecule has 0 bridgehead atoms. The molecule has 4 aromatic rings. The number of aromatic nitrogens is 1. The van der Waals surface area contributed by atoms with E-state index < -0.39 is 29.2 Å². The Hall–Kier alpha value is -2.63. The third-order valence-electron chi connectivity index (χ3n) is 5.32. The van der Waals surface area contributed by atoms with Crippen molar-refractivity contribution in [1.82, 2.24) is 10.3 Å². The van der Waals surface area contributed by atoms with E-state index in [1.165, 1.54) is 43.3 Å². The van der Waals surface area contributed by atoms with Crippen LogP contribution in [-0.2, 0) is 11.2 Å². The van der Waals surface area contributed by atoms with E-state index in [0.29, 0.717) is 22.2 Å². The number of hydrogen-bond donors (Lipinski definition) is 2. The van der Waals surface area contributed by atoms with Crippen molar-refractivity contribution in [3.63, 3.8) is 0 Å². The molecular weight excluding hydrogens is 483 g/mol. The topological polar surface area (TPSA) is 107 Å². The van der Waals surface area contributed by atoms with Gasteiger partial charge in [0.1, 0.15) is 17.2 Å². The minimum atomic E-state index is -1.82. The monoisotopic (exact) mass is 503 g/mol. The molecule has 0 aliphatic carbocycles. The summed E-state index contributed by atoms with van der Waals surface area (Å²) in [6, 6.07) is 13.7. The number of oxazole rings is 1. The molecule has 1 unspecified atom stereocenters. The zero-order chi connectivity index (χ0) is 24.5. The SMILES string of the molecule is Cc1ccc2oc(-c3ccc(NC(=O)NC(C)(Cc4ccc(F)cc4)C(=O)[O-])c(F)c3)nc2c1.[K+]. The number of amides is 2. The smallest absolute Gasteiger partial charge is 0.548 e. The van der Waals surface area contributed by atoms with Crippen LogP contribution in [-0.4, -0.2) is 22.5 Å². The summed E-state index contributed by atoms with van der Waals surface area (Å²) in [6.07, 6.45) is -0.165. The minimum absolute atomic E-state index is 0. The Morgan fingerprint density at radius 2 is 1.77 bits per heavy atom. The third-order valence-corrected chi connectivity index (χ3v) is 5.32. The maximum absolute atomic E-state index is 14.7. The number of nitrogens with one attached hydrogen (secondary N) is 2. The summed E-state index contributed by atoms with van der Waals surface area (Å²) in [7, 11) is 0. The predicted molar refractivity (Wildman–Crippen MR) is 120 cm³/mol. The number of carbonyl (C=O) groups is 2. The minimum Gasteiger partial charge on any atom is -0.548 e. The van der Waals surface area contributed by atoms with E-state index in [-0.39, 0.29) is 69.4 Å². The number of hydrogen-bond acceptors (Lipinski definition) is 5. The molecule has 1 atom stereocenters. The number of carbonyl (C=O) groups excluding carboxylic acids is 2. The molecule has 0 aliphatic rings. The molecule has 7 nitrogen and oxygen atoms in total. The van der Waals surface area contributed by atoms with Gasteiger partial charge in [-0.15, -0.1) is 0 Å². The predicted octanol–water partition coefficient (Wildman–Crippen LogP) is 0.958. The summed E-state index contributed by atoms with van der Waals surface area (Å²) < 4.78 is 33.5. The molecule has 10 heteroatoms. The largest absolute Gasteiger partial charge is 1.00 e. The summed E-state index contributed by atoms with van der Waals surface area (Å²) >= 11 is 0. The van der Waals surface area contributed by atoms with Crippen LogP contribution in [0.3, 0.4) is 0 Å². The zero-order valence-electron chi connectivity index (χ0n) is 19.3. The molecule has 2 amide bonds. The molecule has 1 heterocycles. The van der Waals surface area contributed by atoms with E-state index in [9.17, 15) is 23.5 Å². The van der Waals surface area contributed by atoms with Crippen molar-refractivity contribution >= 4 is 28.8 Å². The Kier molecular flexibility index (Phi) is 8.44. The van der Waals surface area contributed by atoms with Crippen molar-refractivity contribution in [3.8, 4) is 11.5 Å². The van der Waals surface area contributed by atoms with Crippen molar-refractivity contribution in [2.24, 2.45) is 0 Å². The molecule has 0 saturated heterocycles. The van der Waals surface area contributed by atoms with Gasteiger partial charge in [0, 0.05) is 12.0 Å². The van der Waals surface area contributed by atoms with Crippen molar-refractivity contribution in [3.05, 3.63) is 83.4 Å². The third kappa shape index (κ3) is 6.33.